The van der Waals surface area contributed by atoms with Gasteiger partial charge < -0.3 is 5.32 Å². The normalized spacial score (nSPS) is 10.3. The van der Waals surface area contributed by atoms with Crippen LogP contribution in [0.1, 0.15) is 11.1 Å². The number of pyridine rings is 1. The highest BCUT2D eigenvalue weighted by atomic mass is 35.5. The van der Waals surface area contributed by atoms with Crippen molar-refractivity contribution in [1.29, 1.82) is 0 Å². The van der Waals surface area contributed by atoms with E-state index in [-0.39, 0.29) is 5.69 Å². The van der Waals surface area contributed by atoms with Crippen LogP contribution >= 0.6 is 23.2 Å². The minimum atomic E-state index is -0.396. The number of nitro benzene ring substituents is 1. The molecule has 1 aromatic carbocycles. The molecule has 20 heavy (non-hydrogen) atoms. The van der Waals surface area contributed by atoms with Crippen molar-refractivity contribution in [3.63, 3.8) is 0 Å². The molecule has 1 aromatic heterocycles. The highest BCUT2D eigenvalue weighted by Crippen LogP contribution is 2.25. The molecule has 0 amide bonds. The first-order chi connectivity index (χ1) is 9.49. The van der Waals surface area contributed by atoms with E-state index >= 15 is 0 Å². The molecule has 0 radical (unpaired) electrons. The Hall–Kier alpha value is -1.85. The van der Waals surface area contributed by atoms with Gasteiger partial charge in [0.05, 0.1) is 15.0 Å². The number of nitrogens with one attached hydrogen (secondary N) is 1. The molecule has 2 aromatic rings. The van der Waals surface area contributed by atoms with E-state index in [4.69, 9.17) is 23.2 Å². The molecule has 0 bridgehead atoms. The summed E-state index contributed by atoms with van der Waals surface area (Å²) in [5.74, 6) is 0.488. The molecule has 2 rings (SSSR count). The predicted octanol–water partition coefficient (Wildman–Crippen LogP) is 4.22. The van der Waals surface area contributed by atoms with Crippen LogP contribution < -0.4 is 5.32 Å². The van der Waals surface area contributed by atoms with Crippen molar-refractivity contribution in [2.75, 3.05) is 5.32 Å². The van der Waals surface area contributed by atoms with Gasteiger partial charge in [-0.2, -0.15) is 0 Å². The first-order valence-electron chi connectivity index (χ1n) is 5.77. The highest BCUT2D eigenvalue weighted by Gasteiger charge is 2.13. The number of nitrogens with zero attached hydrogens (tertiary/aromatic N) is 2. The van der Waals surface area contributed by atoms with E-state index in [9.17, 15) is 10.1 Å². The van der Waals surface area contributed by atoms with Crippen molar-refractivity contribution in [3.05, 3.63) is 61.7 Å². The second-order valence-corrected chi connectivity index (χ2v) is 5.00. The van der Waals surface area contributed by atoms with Gasteiger partial charge in [0.15, 0.2) is 0 Å². The Morgan fingerprint density at radius 2 is 2.15 bits per heavy atom. The number of halogens is 2. The lowest BCUT2D eigenvalue weighted by Crippen LogP contribution is -2.05. The maximum Gasteiger partial charge on any atom is 0.272 e. The monoisotopic (exact) mass is 311 g/mol. The number of benzene rings is 1. The van der Waals surface area contributed by atoms with Gasteiger partial charge in [0.1, 0.15) is 5.82 Å². The lowest BCUT2D eigenvalue weighted by atomic mass is 10.1. The van der Waals surface area contributed by atoms with Crippen LogP contribution in [-0.4, -0.2) is 9.91 Å². The smallest absolute Gasteiger partial charge is 0.272 e. The van der Waals surface area contributed by atoms with E-state index in [2.05, 4.69) is 10.3 Å². The molecule has 7 heteroatoms. The zero-order valence-corrected chi connectivity index (χ0v) is 12.1. The second kappa shape index (κ2) is 6.07. The molecule has 0 aliphatic carbocycles. The maximum atomic E-state index is 10.9. The van der Waals surface area contributed by atoms with Crippen molar-refractivity contribution < 1.29 is 4.92 Å². The van der Waals surface area contributed by atoms with E-state index in [0.717, 1.165) is 5.56 Å². The minimum absolute atomic E-state index is 0.0967. The molecule has 0 fully saturated rings. The van der Waals surface area contributed by atoms with Crippen molar-refractivity contribution in [2.24, 2.45) is 0 Å². The van der Waals surface area contributed by atoms with E-state index in [1.54, 1.807) is 19.1 Å². The number of aromatic nitrogens is 1. The Bertz CT molecular complexity index is 662. The zero-order valence-electron chi connectivity index (χ0n) is 10.6. The van der Waals surface area contributed by atoms with Gasteiger partial charge >= 0.3 is 0 Å². The molecule has 0 spiro atoms. The molecule has 1 N–H and O–H groups in total. The van der Waals surface area contributed by atoms with Crippen LogP contribution in [0.3, 0.4) is 0 Å². The third kappa shape index (κ3) is 3.18. The molecule has 5 nitrogen and oxygen atoms in total. The molecule has 0 saturated carbocycles. The molecule has 0 unspecified atom stereocenters. The zero-order chi connectivity index (χ0) is 14.7. The summed E-state index contributed by atoms with van der Waals surface area (Å²) in [6.07, 6.45) is 1.48. The van der Waals surface area contributed by atoms with Crippen LogP contribution in [0.2, 0.25) is 10.0 Å². The van der Waals surface area contributed by atoms with Crippen molar-refractivity contribution in [2.45, 2.75) is 13.5 Å². The molecule has 1 heterocycles. The van der Waals surface area contributed by atoms with Crippen LogP contribution in [0, 0.1) is 17.0 Å². The number of anilines is 1. The summed E-state index contributed by atoms with van der Waals surface area (Å²) in [7, 11) is 0. The lowest BCUT2D eigenvalue weighted by Gasteiger charge is -2.10. The average molecular weight is 312 g/mol. The van der Waals surface area contributed by atoms with Gasteiger partial charge in [0.2, 0.25) is 0 Å². The quantitative estimate of drug-likeness (QED) is 0.678. The van der Waals surface area contributed by atoms with Crippen LogP contribution in [0.5, 0.6) is 0 Å². The molecule has 0 aliphatic heterocycles. The average Bonchev–Trinajstić information content (AvgIpc) is 2.39. The van der Waals surface area contributed by atoms with E-state index < -0.39 is 4.92 Å². The van der Waals surface area contributed by atoms with Gasteiger partial charge in [0, 0.05) is 24.4 Å². The van der Waals surface area contributed by atoms with Gasteiger partial charge in [-0.3, -0.25) is 10.1 Å². The predicted molar refractivity (Wildman–Crippen MR) is 79.4 cm³/mol. The Balaban J connectivity index is 2.19. The van der Waals surface area contributed by atoms with Crippen molar-refractivity contribution in [1.82, 2.24) is 4.98 Å². The lowest BCUT2D eigenvalue weighted by molar-refractivity contribution is -0.385. The number of nitro groups is 1. The summed E-state index contributed by atoms with van der Waals surface area (Å²) in [6, 6.07) is 6.53. The first kappa shape index (κ1) is 14.6. The van der Waals surface area contributed by atoms with E-state index in [1.807, 2.05) is 6.07 Å². The Morgan fingerprint density at radius 3 is 2.80 bits per heavy atom. The molecule has 0 aliphatic rings. The summed E-state index contributed by atoms with van der Waals surface area (Å²) in [4.78, 5) is 14.6. The first-order valence-corrected chi connectivity index (χ1v) is 6.52. The molecular formula is C13H11Cl2N3O2. The SMILES string of the molecule is Cc1c(CNc2ncc(Cl)cc2Cl)cccc1[N+](=O)[O-]. The Kier molecular flexibility index (Phi) is 4.42. The second-order valence-electron chi connectivity index (χ2n) is 4.16. The van der Waals surface area contributed by atoms with Gasteiger partial charge in [-0.25, -0.2) is 4.98 Å². The third-order valence-corrected chi connectivity index (χ3v) is 3.36. The molecule has 104 valence electrons. The minimum Gasteiger partial charge on any atom is -0.365 e. The summed E-state index contributed by atoms with van der Waals surface area (Å²) in [5.41, 5.74) is 1.53. The summed E-state index contributed by atoms with van der Waals surface area (Å²) in [6.45, 7) is 2.11. The van der Waals surface area contributed by atoms with Crippen molar-refractivity contribution >= 4 is 34.7 Å². The van der Waals surface area contributed by atoms with Gasteiger partial charge in [0.25, 0.3) is 5.69 Å². The number of hydrogen-bond donors (Lipinski definition) is 1. The van der Waals surface area contributed by atoms with Crippen LogP contribution in [0.4, 0.5) is 11.5 Å². The molecule has 0 saturated heterocycles. The fourth-order valence-electron chi connectivity index (χ4n) is 1.78. The van der Waals surface area contributed by atoms with Crippen LogP contribution in [0.25, 0.3) is 0 Å². The van der Waals surface area contributed by atoms with Crippen LogP contribution in [0.15, 0.2) is 30.5 Å². The molecule has 0 atom stereocenters. The van der Waals surface area contributed by atoms with Gasteiger partial charge in [-0.1, -0.05) is 35.3 Å². The highest BCUT2D eigenvalue weighted by molar-refractivity contribution is 6.35. The summed E-state index contributed by atoms with van der Waals surface area (Å²) >= 11 is 11.8. The standard InChI is InChI=1S/C13H11Cl2N3O2/c1-8-9(3-2-4-12(8)18(19)20)6-16-13-11(15)5-10(14)7-17-13/h2-5,7H,6H2,1H3,(H,16,17). The third-order valence-electron chi connectivity index (χ3n) is 2.87. The van der Waals surface area contributed by atoms with E-state index in [1.165, 1.54) is 12.3 Å². The Labute approximate surface area is 125 Å². The Morgan fingerprint density at radius 1 is 1.40 bits per heavy atom. The fraction of sp³-hybridized carbons (Fsp3) is 0.154. The fourth-order valence-corrected chi connectivity index (χ4v) is 2.23. The van der Waals surface area contributed by atoms with Gasteiger partial charge in [-0.05, 0) is 18.6 Å². The van der Waals surface area contributed by atoms with Gasteiger partial charge in [-0.15, -0.1) is 0 Å². The number of rotatable bonds is 4. The summed E-state index contributed by atoms with van der Waals surface area (Å²) in [5, 5.41) is 14.8. The maximum absolute atomic E-state index is 10.9. The topological polar surface area (TPSA) is 68.1 Å². The largest absolute Gasteiger partial charge is 0.365 e. The summed E-state index contributed by atoms with van der Waals surface area (Å²) < 4.78 is 0. The van der Waals surface area contributed by atoms with Crippen LogP contribution in [-0.2, 0) is 6.54 Å². The van der Waals surface area contributed by atoms with E-state index in [0.29, 0.717) is 28.0 Å². The molecular weight excluding hydrogens is 301 g/mol. The number of hydrogen-bond acceptors (Lipinski definition) is 4. The van der Waals surface area contributed by atoms with Crippen molar-refractivity contribution in [3.8, 4) is 0 Å².